The molecule has 1 heterocycles. The van der Waals surface area contributed by atoms with E-state index in [1.54, 1.807) is 0 Å². The van der Waals surface area contributed by atoms with E-state index in [1.807, 2.05) is 6.92 Å². The molecule has 1 rings (SSSR count). The summed E-state index contributed by atoms with van der Waals surface area (Å²) in [4.78, 5) is 4.70. The van der Waals surface area contributed by atoms with Gasteiger partial charge in [0.1, 0.15) is 6.54 Å². The molecule has 1 N–H and O–H groups in total. The smallest absolute Gasteiger partial charge is 0.200 e. The fourth-order valence-corrected chi connectivity index (χ4v) is 4.10. The van der Waals surface area contributed by atoms with Crippen LogP contribution in [0.15, 0.2) is 17.1 Å². The highest BCUT2D eigenvalue weighted by Gasteiger charge is 2.40. The van der Waals surface area contributed by atoms with Gasteiger partial charge in [0.15, 0.2) is 6.23 Å². The van der Waals surface area contributed by atoms with E-state index in [-0.39, 0.29) is 6.23 Å². The molecule has 3 nitrogen and oxygen atoms in total. The molecule has 0 fully saturated rings. The van der Waals surface area contributed by atoms with Crippen LogP contribution >= 0.6 is 0 Å². The predicted octanol–water partition coefficient (Wildman–Crippen LogP) is 6.22. The van der Waals surface area contributed by atoms with Crippen LogP contribution < -0.4 is 0 Å². The molecule has 0 aromatic heterocycles. The van der Waals surface area contributed by atoms with Crippen LogP contribution in [0.2, 0.25) is 0 Å². The fraction of sp³-hybridized carbons (Fsp3) is 0.870. The van der Waals surface area contributed by atoms with E-state index >= 15 is 0 Å². The summed E-state index contributed by atoms with van der Waals surface area (Å²) in [6, 6.07) is 0. The Labute approximate surface area is 163 Å². The van der Waals surface area contributed by atoms with E-state index in [4.69, 9.17) is 4.99 Å². The van der Waals surface area contributed by atoms with Crippen molar-refractivity contribution in [1.29, 1.82) is 0 Å². The van der Waals surface area contributed by atoms with Gasteiger partial charge in [-0.1, -0.05) is 70.4 Å². The Kier molecular flexibility index (Phi) is 12.9. The summed E-state index contributed by atoms with van der Waals surface area (Å²) in [6.45, 7) is 9.19. The first-order valence-corrected chi connectivity index (χ1v) is 11.4. The summed E-state index contributed by atoms with van der Waals surface area (Å²) in [5.74, 6) is 1.24. The van der Waals surface area contributed by atoms with Crippen LogP contribution in [0.3, 0.4) is 0 Å². The van der Waals surface area contributed by atoms with Crippen LogP contribution in [0, 0.1) is 0 Å². The molecule has 2 atom stereocenters. The van der Waals surface area contributed by atoms with Gasteiger partial charge in [0, 0.05) is 13.3 Å². The number of hydrogen-bond acceptors (Lipinski definition) is 2. The van der Waals surface area contributed by atoms with Gasteiger partial charge >= 0.3 is 0 Å². The molecule has 0 spiro atoms. The van der Waals surface area contributed by atoms with Crippen LogP contribution in [0.25, 0.3) is 0 Å². The van der Waals surface area contributed by atoms with E-state index in [2.05, 4.69) is 26.0 Å². The number of allylic oxidation sites excluding steroid dienone is 2. The Morgan fingerprint density at radius 2 is 1.50 bits per heavy atom. The van der Waals surface area contributed by atoms with Gasteiger partial charge in [-0.3, -0.25) is 4.48 Å². The van der Waals surface area contributed by atoms with Gasteiger partial charge in [-0.05, 0) is 32.6 Å². The highest BCUT2D eigenvalue weighted by molar-refractivity contribution is 5.76. The van der Waals surface area contributed by atoms with E-state index in [0.717, 1.165) is 26.1 Å². The molecule has 0 radical (unpaired) electrons. The van der Waals surface area contributed by atoms with Crippen LogP contribution in [0.4, 0.5) is 0 Å². The molecule has 0 amide bonds. The quantitative estimate of drug-likeness (QED) is 0.196. The van der Waals surface area contributed by atoms with Gasteiger partial charge < -0.3 is 5.11 Å². The number of aliphatic hydroxyl groups excluding tert-OH is 1. The number of aliphatic imine (C=N–C) groups is 1. The maximum atomic E-state index is 10.2. The monoisotopic (exact) mass is 365 g/mol. The lowest BCUT2D eigenvalue weighted by molar-refractivity contribution is -0.882. The minimum Gasteiger partial charge on any atom is -0.345 e. The Bertz CT molecular complexity index is 403. The van der Waals surface area contributed by atoms with Crippen molar-refractivity contribution in [3.63, 3.8) is 0 Å². The number of likely N-dealkylation sites (N-methyl/N-ethyl adjacent to an activating group) is 1. The lowest BCUT2D eigenvalue weighted by atomic mass is 10.1. The van der Waals surface area contributed by atoms with Crippen LogP contribution in [0.5, 0.6) is 0 Å². The zero-order valence-corrected chi connectivity index (χ0v) is 17.9. The molecular weight excluding hydrogens is 320 g/mol. The first kappa shape index (κ1) is 23.4. The summed E-state index contributed by atoms with van der Waals surface area (Å²) in [7, 11) is 0. The Balaban J connectivity index is 1.96. The molecule has 152 valence electrons. The Hall–Kier alpha value is -0.670. The zero-order valence-electron chi connectivity index (χ0n) is 17.9. The highest BCUT2D eigenvalue weighted by atomic mass is 16.3. The molecule has 0 saturated carbocycles. The first-order valence-electron chi connectivity index (χ1n) is 11.4. The van der Waals surface area contributed by atoms with Gasteiger partial charge in [-0.25, -0.2) is 4.99 Å². The molecule has 3 heteroatoms. The number of nitrogens with zero attached hydrogens (tertiary/aromatic N) is 2. The Morgan fingerprint density at radius 1 is 0.923 bits per heavy atom. The van der Waals surface area contributed by atoms with Crippen molar-refractivity contribution < 1.29 is 9.59 Å². The molecule has 0 bridgehead atoms. The van der Waals surface area contributed by atoms with Gasteiger partial charge in [-0.15, -0.1) is 0 Å². The summed E-state index contributed by atoms with van der Waals surface area (Å²) < 4.78 is 0.715. The van der Waals surface area contributed by atoms with Gasteiger partial charge in [0.25, 0.3) is 0 Å². The third kappa shape index (κ3) is 8.35. The number of hydrogen-bond donors (Lipinski definition) is 1. The van der Waals surface area contributed by atoms with Crippen LogP contribution in [0.1, 0.15) is 104 Å². The molecule has 2 unspecified atom stereocenters. The standard InChI is InChI=1S/C23H45N2O/c1-4-6-7-8-9-10-11-12-13-14-15-16-17-18-19-23-24-20-21-25(23,5-2)22(3)26/h8-9,22,26H,4-7,10-21H2,1-3H3/q+1/b9-8+. The summed E-state index contributed by atoms with van der Waals surface area (Å²) in [5.41, 5.74) is 0. The third-order valence-electron chi connectivity index (χ3n) is 6.00. The predicted molar refractivity (Wildman–Crippen MR) is 114 cm³/mol. The van der Waals surface area contributed by atoms with Crippen molar-refractivity contribution in [1.82, 2.24) is 0 Å². The third-order valence-corrected chi connectivity index (χ3v) is 6.00. The van der Waals surface area contributed by atoms with Gasteiger partial charge in [-0.2, -0.15) is 0 Å². The molecule has 1 aliphatic heterocycles. The SMILES string of the molecule is CCCC/C=C/CCCCCCCCCCC1=NCC[N+]1(CC)C(C)O. The van der Waals surface area contributed by atoms with E-state index < -0.39 is 0 Å². The number of unbranched alkanes of at least 4 members (excludes halogenated alkanes) is 10. The van der Waals surface area contributed by atoms with Crippen molar-refractivity contribution >= 4 is 5.84 Å². The average molecular weight is 366 g/mol. The average Bonchev–Trinajstić information content (AvgIpc) is 3.06. The number of aliphatic hydroxyl groups is 1. The summed E-state index contributed by atoms with van der Waals surface area (Å²) in [5, 5.41) is 10.2. The van der Waals surface area contributed by atoms with Crippen molar-refractivity contribution in [2.24, 2.45) is 4.99 Å². The molecule has 26 heavy (non-hydrogen) atoms. The molecule has 0 aromatic rings. The van der Waals surface area contributed by atoms with Crippen molar-refractivity contribution in [3.8, 4) is 0 Å². The van der Waals surface area contributed by atoms with Crippen molar-refractivity contribution in [2.75, 3.05) is 19.6 Å². The summed E-state index contributed by atoms with van der Waals surface area (Å²) in [6.07, 6.45) is 21.5. The molecular formula is C23H45N2O+. The van der Waals surface area contributed by atoms with E-state index in [0.29, 0.717) is 4.48 Å². The molecule has 0 aliphatic carbocycles. The van der Waals surface area contributed by atoms with Crippen molar-refractivity contribution in [3.05, 3.63) is 12.2 Å². The maximum absolute atomic E-state index is 10.2. The van der Waals surface area contributed by atoms with E-state index in [9.17, 15) is 5.11 Å². The van der Waals surface area contributed by atoms with Crippen molar-refractivity contribution in [2.45, 2.75) is 110 Å². The lowest BCUT2D eigenvalue weighted by Gasteiger charge is -2.36. The largest absolute Gasteiger partial charge is 0.345 e. The normalized spacial score (nSPS) is 21.5. The fourth-order valence-electron chi connectivity index (χ4n) is 4.10. The summed E-state index contributed by atoms with van der Waals surface area (Å²) >= 11 is 0. The second-order valence-corrected chi connectivity index (χ2v) is 7.98. The topological polar surface area (TPSA) is 32.6 Å². The van der Waals surface area contributed by atoms with E-state index in [1.165, 1.54) is 82.9 Å². The Morgan fingerprint density at radius 3 is 2.08 bits per heavy atom. The van der Waals surface area contributed by atoms with Gasteiger partial charge in [0.2, 0.25) is 5.84 Å². The second-order valence-electron chi connectivity index (χ2n) is 7.98. The minimum absolute atomic E-state index is 0.317. The molecule has 1 aliphatic rings. The second kappa shape index (κ2) is 14.4. The first-order chi connectivity index (χ1) is 12.7. The maximum Gasteiger partial charge on any atom is 0.200 e. The lowest BCUT2D eigenvalue weighted by Crippen LogP contribution is -2.56. The highest BCUT2D eigenvalue weighted by Crippen LogP contribution is 2.23. The zero-order chi connectivity index (χ0) is 19.1. The number of quaternary nitrogens is 1. The van der Waals surface area contributed by atoms with Crippen LogP contribution in [-0.4, -0.2) is 41.3 Å². The molecule has 0 aromatic carbocycles. The number of rotatable bonds is 16. The van der Waals surface area contributed by atoms with Gasteiger partial charge in [0.05, 0.1) is 13.1 Å². The van der Waals surface area contributed by atoms with Crippen LogP contribution in [-0.2, 0) is 0 Å². The molecule has 0 saturated heterocycles. The number of amidine groups is 1. The minimum atomic E-state index is -0.317.